The Labute approximate surface area is 212 Å². The van der Waals surface area contributed by atoms with Crippen LogP contribution in [0.4, 0.5) is 0 Å². The van der Waals surface area contributed by atoms with Gasteiger partial charge in [0.25, 0.3) is 0 Å². The first-order valence-electron chi connectivity index (χ1n) is 11.0. The van der Waals surface area contributed by atoms with Gasteiger partial charge in [-0.05, 0) is 59.9 Å². The number of likely N-dealkylation sites (N-methyl/N-ethyl adjacent to an activating group) is 2. The summed E-state index contributed by atoms with van der Waals surface area (Å²) >= 11 is 0. The van der Waals surface area contributed by atoms with Crippen molar-refractivity contribution in [1.82, 2.24) is 9.80 Å². The number of benzene rings is 3. The smallest absolute Gasteiger partial charge is 0.177 e. The zero-order valence-electron chi connectivity index (χ0n) is 19.4. The Bertz CT molecular complexity index is 979. The summed E-state index contributed by atoms with van der Waals surface area (Å²) in [7, 11) is 0. The first-order valence-corrected chi connectivity index (χ1v) is 11.0. The quantitative estimate of drug-likeness (QED) is 0.217. The second kappa shape index (κ2) is 13.2. The Morgan fingerprint density at radius 3 is 1.34 bits per heavy atom. The molecule has 6 heteroatoms. The van der Waals surface area contributed by atoms with Crippen LogP contribution in [0.1, 0.15) is 48.4 Å². The maximum atomic E-state index is 13.0. The summed E-state index contributed by atoms with van der Waals surface area (Å²) < 4.78 is 0. The zero-order valence-corrected chi connectivity index (χ0v) is 22.8. The van der Waals surface area contributed by atoms with Crippen LogP contribution in [0, 0.1) is 0 Å². The van der Waals surface area contributed by atoms with Gasteiger partial charge in [-0.15, -0.1) is 34.0 Å². The average Bonchev–Trinajstić information content (AvgIpc) is 2.78. The Balaban J connectivity index is 0.00000256. The molecule has 174 valence electrons. The van der Waals surface area contributed by atoms with Gasteiger partial charge >= 0.3 is 0 Å². The van der Waals surface area contributed by atoms with E-state index < -0.39 is 0 Å². The molecule has 0 aliphatic heterocycles. The summed E-state index contributed by atoms with van der Waals surface area (Å²) in [6.07, 6.45) is 0. The van der Waals surface area contributed by atoms with Gasteiger partial charge in [-0.1, -0.05) is 64.1 Å². The third kappa shape index (κ3) is 6.25. The van der Waals surface area contributed by atoms with Crippen LogP contribution < -0.4 is 0 Å². The number of Topliss-reactive ketones (excluding diaryl/α,β-unsaturated/α-hetero) is 2. The first-order chi connectivity index (χ1) is 14.5. The molecule has 4 nitrogen and oxygen atoms in total. The Morgan fingerprint density at radius 2 is 1.00 bits per heavy atom. The predicted molar refractivity (Wildman–Crippen MR) is 146 cm³/mol. The molecule has 0 heterocycles. The van der Waals surface area contributed by atoms with Gasteiger partial charge in [0.1, 0.15) is 0 Å². The molecule has 3 rings (SSSR count). The van der Waals surface area contributed by atoms with Crippen LogP contribution in [-0.4, -0.2) is 60.6 Å². The molecule has 0 aliphatic carbocycles. The van der Waals surface area contributed by atoms with E-state index in [1.165, 1.54) is 0 Å². The minimum atomic E-state index is 0. The lowest BCUT2D eigenvalue weighted by Crippen LogP contribution is -2.29. The molecule has 0 saturated heterocycles. The molecule has 32 heavy (non-hydrogen) atoms. The summed E-state index contributed by atoms with van der Waals surface area (Å²) in [5.41, 5.74) is 1.46. The molecule has 0 atom stereocenters. The molecule has 0 fully saturated rings. The number of carbonyl (C=O) groups is 2. The van der Waals surface area contributed by atoms with Crippen LogP contribution in [-0.2, 0) is 0 Å². The van der Waals surface area contributed by atoms with E-state index in [0.717, 1.165) is 58.9 Å². The maximum absolute atomic E-state index is 13.0. The fraction of sp³-hybridized carbons (Fsp3) is 0.385. The van der Waals surface area contributed by atoms with Crippen molar-refractivity contribution in [3.05, 3.63) is 59.7 Å². The lowest BCUT2D eigenvalue weighted by Gasteiger charge is -2.18. The summed E-state index contributed by atoms with van der Waals surface area (Å²) in [6.45, 7) is 12.5. The second-order valence-electron chi connectivity index (χ2n) is 7.67. The van der Waals surface area contributed by atoms with Gasteiger partial charge in [-0.2, -0.15) is 0 Å². The number of carbonyl (C=O) groups excluding carboxylic acids is 2. The van der Waals surface area contributed by atoms with Crippen LogP contribution in [0.5, 0.6) is 0 Å². The Morgan fingerprint density at radius 1 is 0.625 bits per heavy atom. The van der Waals surface area contributed by atoms with Crippen LogP contribution >= 0.6 is 34.0 Å². The SMILES string of the molecule is Br.Br.CCN(CC)CC(=O)c1cccc2cc3cccc(C(=O)CN(CC)CC)c3cc12. The number of fused-ring (bicyclic) bond motifs is 2. The van der Waals surface area contributed by atoms with Gasteiger partial charge in [0, 0.05) is 11.1 Å². The molecule has 0 saturated carbocycles. The number of nitrogens with zero attached hydrogens (tertiary/aromatic N) is 2. The Kier molecular flexibility index (Phi) is 11.7. The summed E-state index contributed by atoms with van der Waals surface area (Å²) in [6, 6.07) is 15.9. The minimum absolute atomic E-state index is 0. The molecule has 0 amide bonds. The molecule has 0 aromatic heterocycles. The number of hydrogen-bond acceptors (Lipinski definition) is 4. The summed E-state index contributed by atoms with van der Waals surface area (Å²) in [4.78, 5) is 30.4. The molecular weight excluding hydrogens is 532 g/mol. The van der Waals surface area contributed by atoms with E-state index in [1.54, 1.807) is 0 Å². The van der Waals surface area contributed by atoms with Crippen molar-refractivity contribution in [2.45, 2.75) is 27.7 Å². The largest absolute Gasteiger partial charge is 0.296 e. The second-order valence-corrected chi connectivity index (χ2v) is 7.67. The molecule has 3 aromatic carbocycles. The molecule has 0 radical (unpaired) electrons. The van der Waals surface area contributed by atoms with Gasteiger partial charge in [0.15, 0.2) is 11.6 Å². The Hall–Kier alpha value is -1.60. The van der Waals surface area contributed by atoms with Gasteiger partial charge in [-0.25, -0.2) is 0 Å². The monoisotopic (exact) mass is 564 g/mol. The highest BCUT2D eigenvalue weighted by Gasteiger charge is 2.17. The highest BCUT2D eigenvalue weighted by Crippen LogP contribution is 2.28. The van der Waals surface area contributed by atoms with E-state index >= 15 is 0 Å². The van der Waals surface area contributed by atoms with E-state index in [0.29, 0.717) is 13.1 Å². The molecule has 0 aliphatic rings. The van der Waals surface area contributed by atoms with Crippen LogP contribution in [0.2, 0.25) is 0 Å². The molecule has 0 N–H and O–H groups in total. The zero-order chi connectivity index (χ0) is 21.7. The number of halogens is 2. The highest BCUT2D eigenvalue weighted by molar-refractivity contribution is 8.93. The van der Waals surface area contributed by atoms with Crippen molar-refractivity contribution in [2.75, 3.05) is 39.3 Å². The highest BCUT2D eigenvalue weighted by atomic mass is 79.9. The third-order valence-corrected chi connectivity index (χ3v) is 6.00. The number of rotatable bonds is 10. The molecule has 0 unspecified atom stereocenters. The third-order valence-electron chi connectivity index (χ3n) is 6.00. The van der Waals surface area contributed by atoms with Gasteiger partial charge < -0.3 is 0 Å². The van der Waals surface area contributed by atoms with Crippen molar-refractivity contribution in [3.8, 4) is 0 Å². The maximum Gasteiger partial charge on any atom is 0.177 e. The van der Waals surface area contributed by atoms with Gasteiger partial charge in [-0.3, -0.25) is 19.4 Å². The van der Waals surface area contributed by atoms with Crippen LogP contribution in [0.25, 0.3) is 21.5 Å². The topological polar surface area (TPSA) is 40.6 Å². The van der Waals surface area contributed by atoms with Crippen LogP contribution in [0.3, 0.4) is 0 Å². The predicted octanol–water partition coefficient (Wildman–Crippen LogP) is 6.20. The van der Waals surface area contributed by atoms with Gasteiger partial charge in [0.05, 0.1) is 13.1 Å². The normalized spacial score (nSPS) is 10.9. The van der Waals surface area contributed by atoms with E-state index in [2.05, 4.69) is 43.6 Å². The molecule has 0 spiro atoms. The van der Waals surface area contributed by atoms with Crippen molar-refractivity contribution in [1.29, 1.82) is 0 Å². The van der Waals surface area contributed by atoms with Gasteiger partial charge in [0.2, 0.25) is 0 Å². The molecular formula is C26H34Br2N2O2. The van der Waals surface area contributed by atoms with E-state index in [-0.39, 0.29) is 45.5 Å². The lowest BCUT2D eigenvalue weighted by molar-refractivity contribution is 0.0931. The van der Waals surface area contributed by atoms with E-state index in [9.17, 15) is 9.59 Å². The fourth-order valence-corrected chi connectivity index (χ4v) is 4.01. The fourth-order valence-electron chi connectivity index (χ4n) is 4.01. The number of hydrogen-bond donors (Lipinski definition) is 0. The van der Waals surface area contributed by atoms with Crippen molar-refractivity contribution in [3.63, 3.8) is 0 Å². The molecule has 0 bridgehead atoms. The minimum Gasteiger partial charge on any atom is -0.296 e. The van der Waals surface area contributed by atoms with E-state index in [1.807, 2.05) is 42.5 Å². The van der Waals surface area contributed by atoms with Crippen molar-refractivity contribution >= 4 is 67.1 Å². The first kappa shape index (κ1) is 28.4. The summed E-state index contributed by atoms with van der Waals surface area (Å²) in [5.74, 6) is 0.242. The molecule has 3 aromatic rings. The average molecular weight is 566 g/mol. The van der Waals surface area contributed by atoms with Crippen LogP contribution in [0.15, 0.2) is 48.5 Å². The summed E-state index contributed by atoms with van der Waals surface area (Å²) in [5, 5.41) is 3.90. The van der Waals surface area contributed by atoms with Crippen molar-refractivity contribution in [2.24, 2.45) is 0 Å². The van der Waals surface area contributed by atoms with E-state index in [4.69, 9.17) is 0 Å². The lowest BCUT2D eigenvalue weighted by atomic mass is 9.94. The number of ketones is 2. The van der Waals surface area contributed by atoms with Crippen molar-refractivity contribution < 1.29 is 9.59 Å². The standard InChI is InChI=1S/C26H32N2O2.2BrH/c1-5-27(6-2)17-25(29)21-13-9-11-19-15-20-12-10-14-22(24(20)16-23(19)21)26(30)18-28(7-3)8-4;;/h9-16H,5-8,17-18H2,1-4H3;2*1H.